The van der Waals surface area contributed by atoms with Crippen LogP contribution in [0.4, 0.5) is 0 Å². The van der Waals surface area contributed by atoms with Gasteiger partial charge in [-0.2, -0.15) is 0 Å². The van der Waals surface area contributed by atoms with Crippen molar-refractivity contribution in [2.45, 2.75) is 25.5 Å². The van der Waals surface area contributed by atoms with Crippen molar-refractivity contribution in [2.24, 2.45) is 5.73 Å². The van der Waals surface area contributed by atoms with Crippen LogP contribution < -0.4 is 5.73 Å². The Morgan fingerprint density at radius 1 is 1.16 bits per heavy atom. The van der Waals surface area contributed by atoms with Gasteiger partial charge in [-0.1, -0.05) is 38.1 Å². The predicted molar refractivity (Wildman–Crippen MR) is 77.9 cm³/mol. The molecule has 0 aromatic heterocycles. The molecule has 0 heterocycles. The van der Waals surface area contributed by atoms with Crippen molar-refractivity contribution in [3.8, 4) is 0 Å². The van der Waals surface area contributed by atoms with Crippen LogP contribution in [0.3, 0.4) is 0 Å². The van der Waals surface area contributed by atoms with Crippen LogP contribution in [0.2, 0.25) is 0 Å². The summed E-state index contributed by atoms with van der Waals surface area (Å²) in [6, 6.07) is 7.74. The molecule has 0 bridgehead atoms. The predicted octanol–water partition coefficient (Wildman–Crippen LogP) is 1.70. The van der Waals surface area contributed by atoms with E-state index in [1.807, 2.05) is 24.3 Å². The summed E-state index contributed by atoms with van der Waals surface area (Å²) in [7, 11) is -3.11. The van der Waals surface area contributed by atoms with Crippen LogP contribution in [0.25, 0.3) is 0 Å². The lowest BCUT2D eigenvalue weighted by Gasteiger charge is -2.08. The number of ether oxygens (including phenoxy) is 1. The molecule has 19 heavy (non-hydrogen) atoms. The first-order chi connectivity index (χ1) is 8.94. The molecule has 1 aromatic carbocycles. The van der Waals surface area contributed by atoms with Gasteiger partial charge in [0.05, 0.1) is 24.7 Å². The largest absolute Gasteiger partial charge is 0.379 e. The van der Waals surface area contributed by atoms with E-state index >= 15 is 0 Å². The maximum Gasteiger partial charge on any atom is 0.156 e. The van der Waals surface area contributed by atoms with Crippen LogP contribution in [0.1, 0.15) is 30.9 Å². The number of benzene rings is 1. The highest BCUT2D eigenvalue weighted by Crippen LogP contribution is 2.16. The van der Waals surface area contributed by atoms with Crippen LogP contribution in [-0.4, -0.2) is 33.9 Å². The van der Waals surface area contributed by atoms with Gasteiger partial charge in [-0.15, -0.1) is 0 Å². The fourth-order valence-electron chi connectivity index (χ4n) is 1.70. The Labute approximate surface area is 115 Å². The summed E-state index contributed by atoms with van der Waals surface area (Å²) in [6.45, 7) is 5.25. The van der Waals surface area contributed by atoms with Crippen molar-refractivity contribution in [2.75, 3.05) is 25.5 Å². The zero-order chi connectivity index (χ0) is 14.3. The van der Waals surface area contributed by atoms with Crippen molar-refractivity contribution in [3.05, 3.63) is 35.4 Å². The molecule has 0 saturated carbocycles. The highest BCUT2D eigenvalue weighted by atomic mass is 32.2. The molecule has 1 rings (SSSR count). The number of hydrogen-bond donors (Lipinski definition) is 1. The Morgan fingerprint density at radius 2 is 1.79 bits per heavy atom. The van der Waals surface area contributed by atoms with E-state index < -0.39 is 9.84 Å². The summed E-state index contributed by atoms with van der Waals surface area (Å²) in [5.74, 6) is 0.561. The minimum atomic E-state index is -3.11. The van der Waals surface area contributed by atoms with E-state index in [0.717, 1.165) is 5.56 Å². The lowest BCUT2D eigenvalue weighted by atomic mass is 10.0. The van der Waals surface area contributed by atoms with E-state index in [1.165, 1.54) is 5.56 Å². The lowest BCUT2D eigenvalue weighted by Crippen LogP contribution is -2.17. The van der Waals surface area contributed by atoms with Gasteiger partial charge in [0.2, 0.25) is 0 Å². The molecule has 0 spiro atoms. The molecule has 2 N–H and O–H groups in total. The Bertz CT molecular complexity index is 466. The molecular formula is C14H23NO3S. The fraction of sp³-hybridized carbons (Fsp3) is 0.571. The summed E-state index contributed by atoms with van der Waals surface area (Å²) in [4.78, 5) is 0. The zero-order valence-corrected chi connectivity index (χ0v) is 12.4. The van der Waals surface area contributed by atoms with Gasteiger partial charge in [0, 0.05) is 6.54 Å². The van der Waals surface area contributed by atoms with E-state index in [2.05, 4.69) is 13.8 Å². The van der Waals surface area contributed by atoms with Crippen molar-refractivity contribution >= 4 is 9.84 Å². The third-order valence-electron chi connectivity index (χ3n) is 2.83. The molecule has 0 amide bonds. The molecule has 0 saturated heterocycles. The fourth-order valence-corrected chi connectivity index (χ4v) is 2.91. The van der Waals surface area contributed by atoms with Crippen molar-refractivity contribution in [1.82, 2.24) is 0 Å². The topological polar surface area (TPSA) is 69.4 Å². The summed E-state index contributed by atoms with van der Waals surface area (Å²) in [6.07, 6.45) is 0. The third-order valence-corrected chi connectivity index (χ3v) is 4.40. The average Bonchev–Trinajstić information content (AvgIpc) is 2.35. The molecule has 108 valence electrons. The van der Waals surface area contributed by atoms with E-state index in [4.69, 9.17) is 10.5 Å². The molecule has 4 nitrogen and oxygen atoms in total. The van der Waals surface area contributed by atoms with Gasteiger partial charge in [0.1, 0.15) is 0 Å². The third kappa shape index (κ3) is 6.18. The van der Waals surface area contributed by atoms with E-state index in [0.29, 0.717) is 19.1 Å². The second-order valence-corrected chi connectivity index (χ2v) is 7.07. The Balaban J connectivity index is 2.53. The van der Waals surface area contributed by atoms with E-state index in [1.54, 1.807) is 0 Å². The second-order valence-electron chi connectivity index (χ2n) is 4.89. The maximum absolute atomic E-state index is 11.9. The van der Waals surface area contributed by atoms with Crippen LogP contribution in [0.15, 0.2) is 24.3 Å². The molecule has 5 heteroatoms. The zero-order valence-electron chi connectivity index (χ0n) is 11.6. The van der Waals surface area contributed by atoms with Crippen LogP contribution in [0.5, 0.6) is 0 Å². The smallest absolute Gasteiger partial charge is 0.156 e. The quantitative estimate of drug-likeness (QED) is 0.738. The van der Waals surface area contributed by atoms with Gasteiger partial charge in [-0.25, -0.2) is 8.42 Å². The van der Waals surface area contributed by atoms with Gasteiger partial charge in [0.15, 0.2) is 9.84 Å². The minimum Gasteiger partial charge on any atom is -0.379 e. The maximum atomic E-state index is 11.9. The number of rotatable bonds is 8. The van der Waals surface area contributed by atoms with Gasteiger partial charge in [-0.3, -0.25) is 0 Å². The Morgan fingerprint density at radius 3 is 2.32 bits per heavy atom. The molecule has 0 atom stereocenters. The van der Waals surface area contributed by atoms with Crippen LogP contribution in [-0.2, 0) is 20.3 Å². The normalized spacial score (nSPS) is 12.0. The molecule has 0 unspecified atom stereocenters. The number of nitrogens with two attached hydrogens (primary N) is 1. The van der Waals surface area contributed by atoms with Crippen LogP contribution >= 0.6 is 0 Å². The van der Waals surface area contributed by atoms with Gasteiger partial charge in [-0.05, 0) is 17.0 Å². The number of sulfone groups is 1. The van der Waals surface area contributed by atoms with Crippen molar-refractivity contribution in [1.29, 1.82) is 0 Å². The molecule has 0 radical (unpaired) electrons. The van der Waals surface area contributed by atoms with E-state index in [9.17, 15) is 8.42 Å². The first kappa shape index (κ1) is 16.1. The summed E-state index contributed by atoms with van der Waals surface area (Å²) in [5, 5.41) is 0. The first-order valence-corrected chi connectivity index (χ1v) is 8.34. The monoisotopic (exact) mass is 285 g/mol. The highest BCUT2D eigenvalue weighted by Gasteiger charge is 2.12. The molecule has 0 fully saturated rings. The van der Waals surface area contributed by atoms with Crippen molar-refractivity contribution < 1.29 is 13.2 Å². The standard InChI is InChI=1S/C14H23NO3S/c1-12(2)14-5-3-13(4-6-14)11-19(16,17)10-9-18-8-7-15/h3-6,12H,7-11,15H2,1-2H3. The summed E-state index contributed by atoms with van der Waals surface area (Å²) >= 11 is 0. The Hall–Kier alpha value is -0.910. The molecule has 1 aromatic rings. The lowest BCUT2D eigenvalue weighted by molar-refractivity contribution is 0.157. The summed E-state index contributed by atoms with van der Waals surface area (Å²) < 4.78 is 28.8. The van der Waals surface area contributed by atoms with Crippen LogP contribution in [0, 0.1) is 0 Å². The van der Waals surface area contributed by atoms with Crippen molar-refractivity contribution in [3.63, 3.8) is 0 Å². The summed E-state index contributed by atoms with van der Waals surface area (Å²) in [5.41, 5.74) is 7.30. The molecular weight excluding hydrogens is 262 g/mol. The minimum absolute atomic E-state index is 0.0406. The number of hydrogen-bond acceptors (Lipinski definition) is 4. The average molecular weight is 285 g/mol. The first-order valence-electron chi connectivity index (χ1n) is 6.51. The van der Waals surface area contributed by atoms with E-state index in [-0.39, 0.29) is 18.1 Å². The van der Waals surface area contributed by atoms with Gasteiger partial charge < -0.3 is 10.5 Å². The SMILES string of the molecule is CC(C)c1ccc(CS(=O)(=O)CCOCCN)cc1. The molecule has 0 aliphatic heterocycles. The second kappa shape index (κ2) is 7.62. The van der Waals surface area contributed by atoms with Gasteiger partial charge in [0.25, 0.3) is 0 Å². The van der Waals surface area contributed by atoms with Gasteiger partial charge >= 0.3 is 0 Å². The Kier molecular flexibility index (Phi) is 6.48. The molecule has 0 aliphatic carbocycles. The molecule has 0 aliphatic rings. The highest BCUT2D eigenvalue weighted by molar-refractivity contribution is 7.90.